The van der Waals surface area contributed by atoms with Crippen LogP contribution >= 0.6 is 0 Å². The van der Waals surface area contributed by atoms with Gasteiger partial charge in [0.2, 0.25) is 5.91 Å². The van der Waals surface area contributed by atoms with Gasteiger partial charge >= 0.3 is 0 Å². The average Bonchev–Trinajstić information content (AvgIpc) is 2.46. The fourth-order valence-electron chi connectivity index (χ4n) is 2.48. The van der Waals surface area contributed by atoms with Crippen LogP contribution in [0.25, 0.3) is 0 Å². The largest absolute Gasteiger partial charge is 0.393 e. The molecule has 1 heterocycles. The molecule has 0 aromatic heterocycles. The molecule has 1 unspecified atom stereocenters. The van der Waals surface area contributed by atoms with Crippen molar-refractivity contribution in [1.29, 1.82) is 0 Å². The molecule has 0 aliphatic carbocycles. The Labute approximate surface area is 114 Å². The van der Waals surface area contributed by atoms with Crippen molar-refractivity contribution in [3.8, 4) is 0 Å². The lowest BCUT2D eigenvalue weighted by atomic mass is 9.92. The zero-order valence-corrected chi connectivity index (χ0v) is 11.4. The zero-order chi connectivity index (χ0) is 13.7. The summed E-state index contributed by atoms with van der Waals surface area (Å²) >= 11 is 0. The average molecular weight is 262 g/mol. The van der Waals surface area contributed by atoms with Crippen molar-refractivity contribution in [2.75, 3.05) is 25.0 Å². The lowest BCUT2D eigenvalue weighted by Gasteiger charge is -2.33. The minimum Gasteiger partial charge on any atom is -0.393 e. The van der Waals surface area contributed by atoms with Gasteiger partial charge < -0.3 is 15.3 Å². The van der Waals surface area contributed by atoms with E-state index >= 15 is 0 Å². The Hall–Kier alpha value is -1.55. The van der Waals surface area contributed by atoms with E-state index in [1.807, 2.05) is 42.2 Å². The second-order valence-corrected chi connectivity index (χ2v) is 5.18. The number of hydrogen-bond acceptors (Lipinski definition) is 3. The number of carbonyl (C=O) groups excluding carboxylic acids is 1. The van der Waals surface area contributed by atoms with Crippen LogP contribution in [0.1, 0.15) is 19.8 Å². The van der Waals surface area contributed by atoms with E-state index in [0.717, 1.165) is 31.6 Å². The number of benzene rings is 1. The first kappa shape index (κ1) is 13.9. The second-order valence-electron chi connectivity index (χ2n) is 5.18. The Morgan fingerprint density at radius 3 is 2.58 bits per heavy atom. The molecule has 0 saturated carbocycles. The summed E-state index contributed by atoms with van der Waals surface area (Å²) in [5, 5.41) is 12.7. The van der Waals surface area contributed by atoms with Crippen LogP contribution in [0.4, 0.5) is 5.69 Å². The molecule has 4 heteroatoms. The van der Waals surface area contributed by atoms with Crippen LogP contribution in [0.2, 0.25) is 0 Å². The Kier molecular flexibility index (Phi) is 4.80. The van der Waals surface area contributed by atoms with Crippen molar-refractivity contribution < 1.29 is 9.90 Å². The number of nitrogens with one attached hydrogen (secondary N) is 1. The topological polar surface area (TPSA) is 52.6 Å². The molecule has 2 rings (SSSR count). The molecule has 1 amide bonds. The number of carbonyl (C=O) groups is 1. The van der Waals surface area contributed by atoms with Gasteiger partial charge in [-0.3, -0.25) is 4.79 Å². The van der Waals surface area contributed by atoms with E-state index in [9.17, 15) is 9.90 Å². The fraction of sp³-hybridized carbons (Fsp3) is 0.533. The first-order chi connectivity index (χ1) is 9.16. The number of nitrogens with zero attached hydrogens (tertiary/aromatic N) is 1. The first-order valence-corrected chi connectivity index (χ1v) is 6.91. The van der Waals surface area contributed by atoms with E-state index in [2.05, 4.69) is 5.32 Å². The highest BCUT2D eigenvalue weighted by atomic mass is 16.3. The molecule has 0 radical (unpaired) electrons. The van der Waals surface area contributed by atoms with Crippen molar-refractivity contribution in [1.82, 2.24) is 4.90 Å². The van der Waals surface area contributed by atoms with E-state index in [4.69, 9.17) is 0 Å². The minimum absolute atomic E-state index is 0.132. The SMILES string of the molecule is CC(O)C1CCN(C(=O)CNc2ccccc2)CC1. The predicted molar refractivity (Wildman–Crippen MR) is 75.9 cm³/mol. The van der Waals surface area contributed by atoms with Gasteiger partial charge in [-0.2, -0.15) is 0 Å². The van der Waals surface area contributed by atoms with Gasteiger partial charge in [0.05, 0.1) is 12.6 Å². The van der Waals surface area contributed by atoms with Crippen LogP contribution in [0.5, 0.6) is 0 Å². The maximum atomic E-state index is 12.0. The lowest BCUT2D eigenvalue weighted by molar-refractivity contribution is -0.131. The third-order valence-electron chi connectivity index (χ3n) is 3.79. The van der Waals surface area contributed by atoms with Gasteiger partial charge in [0.1, 0.15) is 0 Å². The number of rotatable bonds is 4. The van der Waals surface area contributed by atoms with Gasteiger partial charge in [0.25, 0.3) is 0 Å². The molecule has 1 aliphatic rings. The Morgan fingerprint density at radius 1 is 1.37 bits per heavy atom. The van der Waals surface area contributed by atoms with Crippen LogP contribution < -0.4 is 5.32 Å². The van der Waals surface area contributed by atoms with E-state index in [1.54, 1.807) is 0 Å². The highest BCUT2D eigenvalue weighted by molar-refractivity contribution is 5.80. The number of hydrogen-bond donors (Lipinski definition) is 2. The smallest absolute Gasteiger partial charge is 0.241 e. The summed E-state index contributed by atoms with van der Waals surface area (Å²) in [5.41, 5.74) is 0.967. The molecule has 2 N–H and O–H groups in total. The number of anilines is 1. The molecule has 104 valence electrons. The first-order valence-electron chi connectivity index (χ1n) is 6.91. The van der Waals surface area contributed by atoms with Crippen LogP contribution in [0.3, 0.4) is 0 Å². The van der Waals surface area contributed by atoms with E-state index in [-0.39, 0.29) is 12.0 Å². The van der Waals surface area contributed by atoms with E-state index in [0.29, 0.717) is 12.5 Å². The van der Waals surface area contributed by atoms with Crippen molar-refractivity contribution in [2.24, 2.45) is 5.92 Å². The van der Waals surface area contributed by atoms with Crippen molar-refractivity contribution in [3.63, 3.8) is 0 Å². The molecule has 0 bridgehead atoms. The van der Waals surface area contributed by atoms with Gasteiger partial charge in [-0.05, 0) is 37.8 Å². The number of para-hydroxylation sites is 1. The summed E-state index contributed by atoms with van der Waals surface area (Å²) in [6.45, 7) is 3.68. The molecule has 1 fully saturated rings. The van der Waals surface area contributed by atoms with Crippen LogP contribution in [-0.2, 0) is 4.79 Å². The van der Waals surface area contributed by atoms with Crippen LogP contribution in [-0.4, -0.2) is 41.7 Å². The van der Waals surface area contributed by atoms with Gasteiger partial charge in [-0.15, -0.1) is 0 Å². The van der Waals surface area contributed by atoms with E-state index in [1.165, 1.54) is 0 Å². The normalized spacial score (nSPS) is 18.1. The van der Waals surface area contributed by atoms with Crippen molar-refractivity contribution >= 4 is 11.6 Å². The van der Waals surface area contributed by atoms with E-state index < -0.39 is 0 Å². The Bertz CT molecular complexity index is 398. The maximum Gasteiger partial charge on any atom is 0.241 e. The highest BCUT2D eigenvalue weighted by Crippen LogP contribution is 2.20. The number of amides is 1. The summed E-state index contributed by atoms with van der Waals surface area (Å²) in [7, 11) is 0. The molecule has 0 spiro atoms. The monoisotopic (exact) mass is 262 g/mol. The molecule has 1 aromatic rings. The Balaban J connectivity index is 1.76. The van der Waals surface area contributed by atoms with Crippen molar-refractivity contribution in [2.45, 2.75) is 25.9 Å². The van der Waals surface area contributed by atoms with Gasteiger partial charge in [0.15, 0.2) is 0 Å². The summed E-state index contributed by atoms with van der Waals surface area (Å²) in [4.78, 5) is 13.9. The molecule has 1 aliphatic heterocycles. The molecule has 4 nitrogen and oxygen atoms in total. The van der Waals surface area contributed by atoms with Gasteiger partial charge in [0, 0.05) is 18.8 Å². The van der Waals surface area contributed by atoms with Crippen LogP contribution in [0, 0.1) is 5.92 Å². The van der Waals surface area contributed by atoms with Gasteiger partial charge in [-0.1, -0.05) is 18.2 Å². The molecule has 19 heavy (non-hydrogen) atoms. The lowest BCUT2D eigenvalue weighted by Crippen LogP contribution is -2.43. The summed E-state index contributed by atoms with van der Waals surface area (Å²) in [5.74, 6) is 0.471. The zero-order valence-electron chi connectivity index (χ0n) is 11.4. The maximum absolute atomic E-state index is 12.0. The molecular formula is C15H22N2O2. The number of aliphatic hydroxyl groups excluding tert-OH is 1. The number of likely N-dealkylation sites (tertiary alicyclic amines) is 1. The Morgan fingerprint density at radius 2 is 2.00 bits per heavy atom. The highest BCUT2D eigenvalue weighted by Gasteiger charge is 2.24. The fourth-order valence-corrected chi connectivity index (χ4v) is 2.48. The number of aliphatic hydroxyl groups is 1. The minimum atomic E-state index is -0.264. The standard InChI is InChI=1S/C15H22N2O2/c1-12(18)13-7-9-17(10-8-13)15(19)11-16-14-5-3-2-4-6-14/h2-6,12-13,16,18H,7-11H2,1H3. The molecular weight excluding hydrogens is 240 g/mol. The quantitative estimate of drug-likeness (QED) is 0.868. The third kappa shape index (κ3) is 3.96. The summed E-state index contributed by atoms with van der Waals surface area (Å²) in [6, 6.07) is 9.75. The second kappa shape index (κ2) is 6.57. The summed E-state index contributed by atoms with van der Waals surface area (Å²) < 4.78 is 0. The van der Waals surface area contributed by atoms with Crippen LogP contribution in [0.15, 0.2) is 30.3 Å². The third-order valence-corrected chi connectivity index (χ3v) is 3.79. The summed E-state index contributed by atoms with van der Waals surface area (Å²) in [6.07, 6.45) is 1.53. The molecule has 1 aromatic carbocycles. The molecule has 1 saturated heterocycles. The van der Waals surface area contributed by atoms with Gasteiger partial charge in [-0.25, -0.2) is 0 Å². The van der Waals surface area contributed by atoms with Crippen molar-refractivity contribution in [3.05, 3.63) is 30.3 Å². The molecule has 1 atom stereocenters. The predicted octanol–water partition coefficient (Wildman–Crippen LogP) is 1.72. The number of piperidine rings is 1.